The van der Waals surface area contributed by atoms with Crippen molar-refractivity contribution in [2.45, 2.75) is 0 Å². The van der Waals surface area contributed by atoms with Crippen molar-refractivity contribution in [3.8, 4) is 16.3 Å². The zero-order valence-corrected chi connectivity index (χ0v) is 17.7. The van der Waals surface area contributed by atoms with E-state index in [0.29, 0.717) is 18.8 Å². The summed E-state index contributed by atoms with van der Waals surface area (Å²) in [6.45, 7) is 2.81. The summed E-state index contributed by atoms with van der Waals surface area (Å²) in [5, 5.41) is 2.62. The van der Waals surface area contributed by atoms with E-state index in [4.69, 9.17) is 4.74 Å². The Labute approximate surface area is 175 Å². The second-order valence-electron chi connectivity index (χ2n) is 6.35. The van der Waals surface area contributed by atoms with Gasteiger partial charge in [0, 0.05) is 42.2 Å². The summed E-state index contributed by atoms with van der Waals surface area (Å²) in [4.78, 5) is 25.9. The van der Waals surface area contributed by atoms with Gasteiger partial charge >= 0.3 is 0 Å². The van der Waals surface area contributed by atoms with Gasteiger partial charge in [0.15, 0.2) is 0 Å². The van der Waals surface area contributed by atoms with Gasteiger partial charge in [-0.15, -0.1) is 11.3 Å². The van der Waals surface area contributed by atoms with Gasteiger partial charge in [0.2, 0.25) is 0 Å². The van der Waals surface area contributed by atoms with Gasteiger partial charge in [-0.3, -0.25) is 4.79 Å². The average Bonchev–Trinajstić information content (AvgIpc) is 3.24. The molecule has 6 nitrogen and oxygen atoms in total. The van der Waals surface area contributed by atoms with E-state index < -0.39 is 0 Å². The Morgan fingerprint density at radius 3 is 2.64 bits per heavy atom. The molecule has 8 heteroatoms. The number of carbonyl (C=O) groups is 1. The van der Waals surface area contributed by atoms with Crippen LogP contribution in [0.4, 0.5) is 5.82 Å². The van der Waals surface area contributed by atoms with E-state index in [1.165, 1.54) is 11.3 Å². The lowest BCUT2D eigenvalue weighted by atomic mass is 10.2. The molecule has 144 valence electrons. The highest BCUT2D eigenvalue weighted by Gasteiger charge is 2.25. The number of anilines is 1. The molecule has 0 aliphatic carbocycles. The molecule has 28 heavy (non-hydrogen) atoms. The number of methoxy groups -OCH3 is 1. The lowest BCUT2D eigenvalue weighted by Crippen LogP contribution is -2.49. The summed E-state index contributed by atoms with van der Waals surface area (Å²) in [5.74, 6) is 1.66. The van der Waals surface area contributed by atoms with E-state index in [1.54, 1.807) is 13.3 Å². The number of nitrogens with zero attached hydrogens (tertiary/aromatic N) is 4. The lowest BCUT2D eigenvalue weighted by molar-refractivity contribution is 0.0741. The van der Waals surface area contributed by atoms with E-state index in [1.807, 2.05) is 46.7 Å². The fourth-order valence-electron chi connectivity index (χ4n) is 3.17. The SMILES string of the molecule is COc1ccccc1-c1nc(C(=O)N2CCN(c3ccc(Br)cn3)CC2)cs1. The van der Waals surface area contributed by atoms with Crippen molar-refractivity contribution in [3.63, 3.8) is 0 Å². The molecule has 0 saturated carbocycles. The van der Waals surface area contributed by atoms with Gasteiger partial charge in [-0.1, -0.05) is 12.1 Å². The van der Waals surface area contributed by atoms with Crippen molar-refractivity contribution in [3.05, 3.63) is 58.1 Å². The van der Waals surface area contributed by atoms with Gasteiger partial charge in [-0.25, -0.2) is 9.97 Å². The van der Waals surface area contributed by atoms with Crippen LogP contribution in [0.3, 0.4) is 0 Å². The lowest BCUT2D eigenvalue weighted by Gasteiger charge is -2.35. The Hall–Kier alpha value is -2.45. The summed E-state index contributed by atoms with van der Waals surface area (Å²) < 4.78 is 6.36. The van der Waals surface area contributed by atoms with Gasteiger partial charge < -0.3 is 14.5 Å². The summed E-state index contributed by atoms with van der Waals surface area (Å²) >= 11 is 4.86. The quantitative estimate of drug-likeness (QED) is 0.592. The molecule has 0 spiro atoms. The average molecular weight is 459 g/mol. The van der Waals surface area contributed by atoms with Crippen LogP contribution in [-0.4, -0.2) is 54.1 Å². The number of para-hydroxylation sites is 1. The van der Waals surface area contributed by atoms with Crippen molar-refractivity contribution in [1.29, 1.82) is 0 Å². The van der Waals surface area contributed by atoms with Crippen molar-refractivity contribution >= 4 is 39.0 Å². The first-order valence-corrected chi connectivity index (χ1v) is 10.6. The highest BCUT2D eigenvalue weighted by atomic mass is 79.9. The number of ether oxygens (including phenoxy) is 1. The number of carbonyl (C=O) groups excluding carboxylic acids is 1. The monoisotopic (exact) mass is 458 g/mol. The number of aromatic nitrogens is 2. The second kappa shape index (κ2) is 8.28. The van der Waals surface area contributed by atoms with Crippen molar-refractivity contribution in [2.75, 3.05) is 38.2 Å². The molecule has 3 aromatic rings. The van der Waals surface area contributed by atoms with Crippen molar-refractivity contribution in [1.82, 2.24) is 14.9 Å². The minimum Gasteiger partial charge on any atom is -0.496 e. The fraction of sp³-hybridized carbons (Fsp3) is 0.250. The highest BCUT2D eigenvalue weighted by molar-refractivity contribution is 9.10. The molecule has 4 rings (SSSR count). The Balaban J connectivity index is 1.43. The Bertz CT molecular complexity index is 968. The zero-order chi connectivity index (χ0) is 19.5. The Morgan fingerprint density at radius 1 is 1.14 bits per heavy atom. The first kappa shape index (κ1) is 18.9. The highest BCUT2D eigenvalue weighted by Crippen LogP contribution is 2.32. The normalized spacial score (nSPS) is 14.2. The molecule has 2 aromatic heterocycles. The third kappa shape index (κ3) is 3.88. The zero-order valence-electron chi connectivity index (χ0n) is 15.3. The van der Waals surface area contributed by atoms with Gasteiger partial charge in [-0.2, -0.15) is 0 Å². The number of benzene rings is 1. The van der Waals surface area contributed by atoms with Crippen LogP contribution in [0.15, 0.2) is 52.4 Å². The minimum atomic E-state index is -0.0270. The number of halogens is 1. The molecular weight excluding hydrogens is 440 g/mol. The van der Waals surface area contributed by atoms with E-state index >= 15 is 0 Å². The summed E-state index contributed by atoms with van der Waals surface area (Å²) in [7, 11) is 1.64. The Morgan fingerprint density at radius 2 is 1.93 bits per heavy atom. The number of piperazine rings is 1. The Kier molecular flexibility index (Phi) is 5.59. The molecule has 0 unspecified atom stereocenters. The van der Waals surface area contributed by atoms with Gasteiger partial charge in [0.05, 0.1) is 12.7 Å². The molecule has 0 N–H and O–H groups in total. The summed E-state index contributed by atoms with van der Waals surface area (Å²) in [6.07, 6.45) is 1.79. The summed E-state index contributed by atoms with van der Waals surface area (Å²) in [6, 6.07) is 11.7. The molecule has 1 aromatic carbocycles. The number of amides is 1. The van der Waals surface area contributed by atoms with Crippen LogP contribution >= 0.6 is 27.3 Å². The fourth-order valence-corrected chi connectivity index (χ4v) is 4.23. The van der Waals surface area contributed by atoms with Crippen LogP contribution in [0, 0.1) is 0 Å². The van der Waals surface area contributed by atoms with Crippen LogP contribution in [0.1, 0.15) is 10.5 Å². The summed E-state index contributed by atoms with van der Waals surface area (Å²) in [5.41, 5.74) is 1.39. The van der Waals surface area contributed by atoms with Crippen LogP contribution in [0.2, 0.25) is 0 Å². The van der Waals surface area contributed by atoms with Crippen LogP contribution in [0.25, 0.3) is 10.6 Å². The van der Waals surface area contributed by atoms with E-state index in [9.17, 15) is 4.79 Å². The second-order valence-corrected chi connectivity index (χ2v) is 8.13. The van der Waals surface area contributed by atoms with Crippen LogP contribution < -0.4 is 9.64 Å². The molecule has 1 amide bonds. The third-order valence-electron chi connectivity index (χ3n) is 4.66. The molecule has 1 fully saturated rings. The number of rotatable bonds is 4. The predicted octanol–water partition coefficient (Wildman–Crippen LogP) is 3.94. The van der Waals surface area contributed by atoms with E-state index in [-0.39, 0.29) is 5.91 Å². The van der Waals surface area contributed by atoms with E-state index in [0.717, 1.165) is 39.7 Å². The first-order valence-electron chi connectivity index (χ1n) is 8.90. The number of thiazole rings is 1. The molecule has 0 atom stereocenters. The molecule has 0 bridgehead atoms. The molecule has 1 saturated heterocycles. The maximum atomic E-state index is 12.9. The van der Waals surface area contributed by atoms with Gasteiger partial charge in [0.25, 0.3) is 5.91 Å². The van der Waals surface area contributed by atoms with Gasteiger partial charge in [0.1, 0.15) is 22.3 Å². The third-order valence-corrected chi connectivity index (χ3v) is 6.01. The molecule has 3 heterocycles. The molecule has 1 aliphatic rings. The first-order chi connectivity index (χ1) is 13.7. The van der Waals surface area contributed by atoms with Gasteiger partial charge in [-0.05, 0) is 40.2 Å². The maximum absolute atomic E-state index is 12.9. The van der Waals surface area contributed by atoms with Crippen molar-refractivity contribution in [2.24, 2.45) is 0 Å². The van der Waals surface area contributed by atoms with Crippen molar-refractivity contribution < 1.29 is 9.53 Å². The largest absolute Gasteiger partial charge is 0.496 e. The molecule has 1 aliphatic heterocycles. The standard InChI is InChI=1S/C20H19BrN4O2S/c1-27-17-5-3-2-4-15(17)19-23-16(13-28-19)20(26)25-10-8-24(9-11-25)18-7-6-14(21)12-22-18/h2-7,12-13H,8-11H2,1H3. The maximum Gasteiger partial charge on any atom is 0.273 e. The van der Waals surface area contributed by atoms with Crippen LogP contribution in [-0.2, 0) is 0 Å². The smallest absolute Gasteiger partial charge is 0.273 e. The number of pyridine rings is 1. The predicted molar refractivity (Wildman–Crippen MR) is 114 cm³/mol. The molecule has 0 radical (unpaired) electrons. The topological polar surface area (TPSA) is 58.6 Å². The number of hydrogen-bond donors (Lipinski definition) is 0. The van der Waals surface area contributed by atoms with E-state index in [2.05, 4.69) is 30.8 Å². The minimum absolute atomic E-state index is 0.0270. The molecular formula is C20H19BrN4O2S. The van der Waals surface area contributed by atoms with Crippen LogP contribution in [0.5, 0.6) is 5.75 Å². The number of hydrogen-bond acceptors (Lipinski definition) is 6.